The van der Waals surface area contributed by atoms with E-state index in [-0.39, 0.29) is 17.7 Å². The largest absolute Gasteiger partial charge is 0.493 e. The number of carbonyl (C=O) groups excluding carboxylic acids is 2. The van der Waals surface area contributed by atoms with Gasteiger partial charge in [0.2, 0.25) is 11.8 Å². The number of methoxy groups -OCH3 is 2. The van der Waals surface area contributed by atoms with Crippen LogP contribution >= 0.6 is 0 Å². The predicted molar refractivity (Wildman–Crippen MR) is 74.4 cm³/mol. The molecular weight excluding hydrogens is 274 g/mol. The Balaban J connectivity index is 2.07. The second kappa shape index (κ2) is 5.12. The van der Waals surface area contributed by atoms with E-state index in [1.165, 1.54) is 0 Å². The first-order valence-corrected chi connectivity index (χ1v) is 6.61. The zero-order valence-corrected chi connectivity index (χ0v) is 11.8. The highest BCUT2D eigenvalue weighted by atomic mass is 16.5. The average Bonchev–Trinajstić information content (AvgIpc) is 2.88. The van der Waals surface area contributed by atoms with E-state index in [0.717, 1.165) is 10.9 Å². The SMILES string of the molecule is COc1cc2occ(C3CCC(=O)NC3=O)c2cc1OC. The van der Waals surface area contributed by atoms with Gasteiger partial charge in [-0.25, -0.2) is 0 Å². The highest BCUT2D eigenvalue weighted by Crippen LogP contribution is 2.38. The molecule has 0 spiro atoms. The molecular formula is C15H15NO5. The number of carbonyl (C=O) groups is 2. The summed E-state index contributed by atoms with van der Waals surface area (Å²) in [7, 11) is 3.10. The lowest BCUT2D eigenvalue weighted by molar-refractivity contribution is -0.134. The Labute approximate surface area is 121 Å². The molecule has 1 aliphatic rings. The molecule has 0 aliphatic carbocycles. The van der Waals surface area contributed by atoms with Gasteiger partial charge in [-0.05, 0) is 12.5 Å². The van der Waals surface area contributed by atoms with Crippen LogP contribution in [0, 0.1) is 0 Å². The Bertz CT molecular complexity index is 718. The fraction of sp³-hybridized carbons (Fsp3) is 0.333. The van der Waals surface area contributed by atoms with Crippen molar-refractivity contribution < 1.29 is 23.5 Å². The predicted octanol–water partition coefficient (Wildman–Crippen LogP) is 1.97. The number of benzene rings is 1. The van der Waals surface area contributed by atoms with Crippen molar-refractivity contribution in [2.45, 2.75) is 18.8 Å². The van der Waals surface area contributed by atoms with Gasteiger partial charge in [-0.2, -0.15) is 0 Å². The molecule has 0 saturated carbocycles. The van der Waals surface area contributed by atoms with Gasteiger partial charge in [-0.15, -0.1) is 0 Å². The Morgan fingerprint density at radius 1 is 1.19 bits per heavy atom. The molecule has 110 valence electrons. The summed E-state index contributed by atoms with van der Waals surface area (Å²) >= 11 is 0. The molecule has 1 saturated heterocycles. The summed E-state index contributed by atoms with van der Waals surface area (Å²) in [4.78, 5) is 23.2. The third kappa shape index (κ3) is 2.22. The molecule has 0 radical (unpaired) electrons. The van der Waals surface area contributed by atoms with Gasteiger partial charge in [-0.3, -0.25) is 14.9 Å². The van der Waals surface area contributed by atoms with Gasteiger partial charge in [-0.1, -0.05) is 0 Å². The summed E-state index contributed by atoms with van der Waals surface area (Å²) in [6.45, 7) is 0. The molecule has 21 heavy (non-hydrogen) atoms. The quantitative estimate of drug-likeness (QED) is 0.874. The molecule has 1 unspecified atom stereocenters. The molecule has 2 heterocycles. The number of imide groups is 1. The number of nitrogens with one attached hydrogen (secondary N) is 1. The third-order valence-corrected chi connectivity index (χ3v) is 3.72. The summed E-state index contributed by atoms with van der Waals surface area (Å²) in [6, 6.07) is 3.51. The minimum Gasteiger partial charge on any atom is -0.493 e. The number of furan rings is 1. The van der Waals surface area contributed by atoms with Gasteiger partial charge in [0.15, 0.2) is 11.5 Å². The first kappa shape index (κ1) is 13.5. The lowest BCUT2D eigenvalue weighted by atomic mass is 9.90. The minimum atomic E-state index is -0.387. The molecule has 1 aromatic heterocycles. The Morgan fingerprint density at radius 3 is 2.57 bits per heavy atom. The maximum absolute atomic E-state index is 12.0. The highest BCUT2D eigenvalue weighted by Gasteiger charge is 2.30. The van der Waals surface area contributed by atoms with E-state index < -0.39 is 0 Å². The molecule has 1 fully saturated rings. The normalized spacial score (nSPS) is 18.7. The number of amides is 2. The zero-order chi connectivity index (χ0) is 15.0. The van der Waals surface area contributed by atoms with Crippen molar-refractivity contribution in [2.75, 3.05) is 14.2 Å². The number of hydrogen-bond acceptors (Lipinski definition) is 5. The van der Waals surface area contributed by atoms with E-state index in [4.69, 9.17) is 13.9 Å². The number of fused-ring (bicyclic) bond motifs is 1. The van der Waals surface area contributed by atoms with Gasteiger partial charge in [0.25, 0.3) is 0 Å². The molecule has 2 amide bonds. The second-order valence-corrected chi connectivity index (χ2v) is 4.90. The Morgan fingerprint density at radius 2 is 1.90 bits per heavy atom. The van der Waals surface area contributed by atoms with Crippen molar-refractivity contribution in [3.8, 4) is 11.5 Å². The van der Waals surface area contributed by atoms with Crippen LogP contribution in [0.4, 0.5) is 0 Å². The topological polar surface area (TPSA) is 77.8 Å². The van der Waals surface area contributed by atoms with E-state index in [9.17, 15) is 9.59 Å². The third-order valence-electron chi connectivity index (χ3n) is 3.72. The van der Waals surface area contributed by atoms with Crippen LogP contribution in [0.3, 0.4) is 0 Å². The summed E-state index contributed by atoms with van der Waals surface area (Å²) in [5.41, 5.74) is 1.38. The van der Waals surface area contributed by atoms with Gasteiger partial charge < -0.3 is 13.9 Å². The fourth-order valence-electron chi connectivity index (χ4n) is 2.63. The molecule has 1 aromatic carbocycles. The monoisotopic (exact) mass is 289 g/mol. The van der Waals surface area contributed by atoms with Gasteiger partial charge in [0, 0.05) is 23.4 Å². The van der Waals surface area contributed by atoms with Crippen LogP contribution in [0.5, 0.6) is 11.5 Å². The van der Waals surface area contributed by atoms with Crippen LogP contribution in [-0.2, 0) is 9.59 Å². The van der Waals surface area contributed by atoms with Crippen LogP contribution in [0.2, 0.25) is 0 Å². The summed E-state index contributed by atoms with van der Waals surface area (Å²) in [6.07, 6.45) is 2.37. The molecule has 1 N–H and O–H groups in total. The molecule has 1 aliphatic heterocycles. The number of hydrogen-bond donors (Lipinski definition) is 1. The molecule has 3 rings (SSSR count). The molecule has 0 bridgehead atoms. The number of rotatable bonds is 3. The maximum Gasteiger partial charge on any atom is 0.234 e. The van der Waals surface area contributed by atoms with Gasteiger partial charge in [0.1, 0.15) is 5.58 Å². The van der Waals surface area contributed by atoms with Crippen molar-refractivity contribution in [1.82, 2.24) is 5.32 Å². The minimum absolute atomic E-state index is 0.233. The van der Waals surface area contributed by atoms with Crippen molar-refractivity contribution in [3.63, 3.8) is 0 Å². The van der Waals surface area contributed by atoms with Crippen molar-refractivity contribution in [3.05, 3.63) is 24.0 Å². The molecule has 6 nitrogen and oxygen atoms in total. The van der Waals surface area contributed by atoms with Crippen LogP contribution in [0.1, 0.15) is 24.3 Å². The molecule has 6 heteroatoms. The Hall–Kier alpha value is -2.50. The van der Waals surface area contributed by atoms with E-state index in [1.807, 2.05) is 0 Å². The summed E-state index contributed by atoms with van der Waals surface area (Å²) < 4.78 is 16.0. The van der Waals surface area contributed by atoms with E-state index in [2.05, 4.69) is 5.32 Å². The lowest BCUT2D eigenvalue weighted by Crippen LogP contribution is -2.39. The van der Waals surface area contributed by atoms with E-state index in [0.29, 0.717) is 29.9 Å². The smallest absolute Gasteiger partial charge is 0.234 e. The van der Waals surface area contributed by atoms with Crippen LogP contribution in [-0.4, -0.2) is 26.0 Å². The summed E-state index contributed by atoms with van der Waals surface area (Å²) in [5, 5.41) is 3.15. The zero-order valence-electron chi connectivity index (χ0n) is 11.8. The van der Waals surface area contributed by atoms with E-state index >= 15 is 0 Å². The molecule has 1 atom stereocenters. The molecule has 2 aromatic rings. The van der Waals surface area contributed by atoms with Gasteiger partial charge >= 0.3 is 0 Å². The fourth-order valence-corrected chi connectivity index (χ4v) is 2.63. The van der Waals surface area contributed by atoms with Crippen LogP contribution in [0.25, 0.3) is 11.0 Å². The Kier molecular flexibility index (Phi) is 3.29. The highest BCUT2D eigenvalue weighted by molar-refractivity contribution is 6.02. The first-order chi connectivity index (χ1) is 10.1. The average molecular weight is 289 g/mol. The van der Waals surface area contributed by atoms with Crippen molar-refractivity contribution >= 4 is 22.8 Å². The number of ether oxygens (including phenoxy) is 2. The van der Waals surface area contributed by atoms with Crippen LogP contribution in [0.15, 0.2) is 22.8 Å². The second-order valence-electron chi connectivity index (χ2n) is 4.90. The van der Waals surface area contributed by atoms with Gasteiger partial charge in [0.05, 0.1) is 26.4 Å². The lowest BCUT2D eigenvalue weighted by Gasteiger charge is -2.20. The van der Waals surface area contributed by atoms with Crippen molar-refractivity contribution in [1.29, 1.82) is 0 Å². The van der Waals surface area contributed by atoms with Crippen molar-refractivity contribution in [2.24, 2.45) is 0 Å². The maximum atomic E-state index is 12.0. The van der Waals surface area contributed by atoms with Crippen LogP contribution < -0.4 is 14.8 Å². The van der Waals surface area contributed by atoms with E-state index in [1.54, 1.807) is 32.6 Å². The standard InChI is InChI=1S/C15H15NO5/c1-19-12-5-9-10(7-21-11(9)6-13(12)20-2)8-3-4-14(17)16-15(8)18/h5-8H,3-4H2,1-2H3,(H,16,17,18). The number of piperidine rings is 1. The summed E-state index contributed by atoms with van der Waals surface area (Å²) in [5.74, 6) is 0.225. The first-order valence-electron chi connectivity index (χ1n) is 6.61.